The molecule has 2 aliphatic rings. The molecule has 2 fully saturated rings. The molecule has 0 aromatic carbocycles. The molecule has 0 radical (unpaired) electrons. The van der Waals surface area contributed by atoms with Crippen LogP contribution in [0.3, 0.4) is 0 Å². The van der Waals surface area contributed by atoms with Crippen LogP contribution in [0.15, 0.2) is 0 Å². The second-order valence-electron chi connectivity index (χ2n) is 4.89. The van der Waals surface area contributed by atoms with Gasteiger partial charge in [0.2, 0.25) is 11.8 Å². The zero-order valence-corrected chi connectivity index (χ0v) is 10.3. The van der Waals surface area contributed by atoms with Gasteiger partial charge in [0.05, 0.1) is 6.54 Å². The highest BCUT2D eigenvalue weighted by Crippen LogP contribution is 2.31. The average Bonchev–Trinajstić information content (AvgIpc) is 2.81. The zero-order chi connectivity index (χ0) is 14.4. The predicted octanol–water partition coefficient (Wildman–Crippen LogP) is 1.11. The lowest BCUT2D eigenvalue weighted by atomic mass is 10.1. The van der Waals surface area contributed by atoms with Crippen molar-refractivity contribution in [2.24, 2.45) is 0 Å². The standard InChI is InChI=1S/C11H14F4N2O2/c1-6-8(18)16-4-2-3-7(16)9(19)17(6)5-11(14,15)10(12)13/h6-7,10H,2-5H2,1H3. The normalized spacial score (nSPS) is 28.3. The third-order valence-corrected chi connectivity index (χ3v) is 3.63. The summed E-state index contributed by atoms with van der Waals surface area (Å²) in [6.07, 6.45) is -2.84. The van der Waals surface area contributed by atoms with Crippen LogP contribution in [0.2, 0.25) is 0 Å². The molecule has 2 rings (SSSR count). The Morgan fingerprint density at radius 2 is 1.95 bits per heavy atom. The fraction of sp³-hybridized carbons (Fsp3) is 0.818. The van der Waals surface area contributed by atoms with Gasteiger partial charge < -0.3 is 9.80 Å². The number of hydrogen-bond donors (Lipinski definition) is 0. The van der Waals surface area contributed by atoms with Crippen molar-refractivity contribution in [3.8, 4) is 0 Å². The SMILES string of the molecule is CC1C(=O)N2CCCC2C(=O)N1CC(F)(F)C(F)F. The quantitative estimate of drug-likeness (QED) is 0.728. The summed E-state index contributed by atoms with van der Waals surface area (Å²) in [6.45, 7) is 0.287. The number of halogens is 4. The minimum Gasteiger partial charge on any atom is -0.329 e. The predicted molar refractivity (Wildman–Crippen MR) is 56.9 cm³/mol. The van der Waals surface area contributed by atoms with E-state index in [9.17, 15) is 27.2 Å². The third kappa shape index (κ3) is 2.28. The molecule has 2 atom stereocenters. The molecule has 19 heavy (non-hydrogen) atoms. The topological polar surface area (TPSA) is 40.6 Å². The number of rotatable bonds is 3. The Balaban J connectivity index is 2.20. The molecular weight excluding hydrogens is 268 g/mol. The monoisotopic (exact) mass is 282 g/mol. The van der Waals surface area contributed by atoms with Gasteiger partial charge in [-0.3, -0.25) is 9.59 Å². The minimum absolute atomic E-state index is 0.397. The fourth-order valence-corrected chi connectivity index (χ4v) is 2.55. The largest absolute Gasteiger partial charge is 0.329 e. The van der Waals surface area contributed by atoms with Gasteiger partial charge in [0, 0.05) is 6.54 Å². The van der Waals surface area contributed by atoms with Gasteiger partial charge in [-0.15, -0.1) is 0 Å². The van der Waals surface area contributed by atoms with Crippen LogP contribution in [0.5, 0.6) is 0 Å². The van der Waals surface area contributed by atoms with E-state index in [1.54, 1.807) is 0 Å². The smallest absolute Gasteiger partial charge is 0.324 e. The number of amides is 2. The Kier molecular flexibility index (Phi) is 3.44. The van der Waals surface area contributed by atoms with E-state index in [1.807, 2.05) is 0 Å². The van der Waals surface area contributed by atoms with E-state index in [0.717, 1.165) is 0 Å². The summed E-state index contributed by atoms with van der Waals surface area (Å²) >= 11 is 0. The van der Waals surface area contributed by atoms with Gasteiger partial charge in [0.1, 0.15) is 12.1 Å². The van der Waals surface area contributed by atoms with Crippen LogP contribution in [0.1, 0.15) is 19.8 Å². The van der Waals surface area contributed by atoms with E-state index in [4.69, 9.17) is 0 Å². The van der Waals surface area contributed by atoms with E-state index in [1.165, 1.54) is 11.8 Å². The van der Waals surface area contributed by atoms with Crippen molar-refractivity contribution in [3.05, 3.63) is 0 Å². The highest BCUT2D eigenvalue weighted by atomic mass is 19.3. The van der Waals surface area contributed by atoms with Crippen LogP contribution in [0.25, 0.3) is 0 Å². The average molecular weight is 282 g/mol. The van der Waals surface area contributed by atoms with Crippen LogP contribution in [0, 0.1) is 0 Å². The number of carbonyl (C=O) groups is 2. The van der Waals surface area contributed by atoms with E-state index in [2.05, 4.69) is 0 Å². The molecule has 2 heterocycles. The molecule has 0 aliphatic carbocycles. The number of carbonyl (C=O) groups excluding carboxylic acids is 2. The Labute approximate surface area is 107 Å². The molecule has 0 saturated carbocycles. The highest BCUT2D eigenvalue weighted by molar-refractivity contribution is 5.97. The first-order valence-electron chi connectivity index (χ1n) is 6.02. The van der Waals surface area contributed by atoms with E-state index in [0.29, 0.717) is 24.3 Å². The molecule has 108 valence electrons. The Morgan fingerprint density at radius 3 is 2.53 bits per heavy atom. The lowest BCUT2D eigenvalue weighted by Gasteiger charge is -2.41. The highest BCUT2D eigenvalue weighted by Gasteiger charge is 2.51. The fourth-order valence-electron chi connectivity index (χ4n) is 2.55. The van der Waals surface area contributed by atoms with Crippen molar-refractivity contribution in [3.63, 3.8) is 0 Å². The molecule has 2 amide bonds. The van der Waals surface area contributed by atoms with Crippen LogP contribution < -0.4 is 0 Å². The number of nitrogens with zero attached hydrogens (tertiary/aromatic N) is 2. The maximum atomic E-state index is 13.1. The van der Waals surface area contributed by atoms with Crippen LogP contribution in [-0.2, 0) is 9.59 Å². The molecule has 4 nitrogen and oxygen atoms in total. The number of hydrogen-bond acceptors (Lipinski definition) is 2. The van der Waals surface area contributed by atoms with Gasteiger partial charge in [-0.2, -0.15) is 8.78 Å². The number of piperazine rings is 1. The lowest BCUT2D eigenvalue weighted by molar-refractivity contribution is -0.175. The Hall–Kier alpha value is -1.34. The molecule has 8 heteroatoms. The number of fused-ring (bicyclic) bond motifs is 1. The Morgan fingerprint density at radius 1 is 1.32 bits per heavy atom. The van der Waals surface area contributed by atoms with E-state index >= 15 is 0 Å². The summed E-state index contributed by atoms with van der Waals surface area (Å²) in [5.74, 6) is -5.41. The van der Waals surface area contributed by atoms with Crippen molar-refractivity contribution in [2.75, 3.05) is 13.1 Å². The molecule has 2 unspecified atom stereocenters. The molecule has 2 saturated heterocycles. The van der Waals surface area contributed by atoms with Gasteiger partial charge in [0.15, 0.2) is 0 Å². The molecule has 0 aromatic heterocycles. The molecule has 0 N–H and O–H groups in total. The third-order valence-electron chi connectivity index (χ3n) is 3.63. The molecule has 0 aromatic rings. The van der Waals surface area contributed by atoms with Gasteiger partial charge in [-0.25, -0.2) is 8.78 Å². The minimum atomic E-state index is -4.30. The number of alkyl halides is 4. The molecule has 0 spiro atoms. The van der Waals surface area contributed by atoms with Crippen LogP contribution >= 0.6 is 0 Å². The van der Waals surface area contributed by atoms with Crippen molar-refractivity contribution in [2.45, 2.75) is 44.2 Å². The molecule has 0 bridgehead atoms. The zero-order valence-electron chi connectivity index (χ0n) is 10.3. The van der Waals surface area contributed by atoms with Crippen molar-refractivity contribution in [1.82, 2.24) is 9.80 Å². The van der Waals surface area contributed by atoms with Gasteiger partial charge in [-0.05, 0) is 19.8 Å². The van der Waals surface area contributed by atoms with Crippen molar-refractivity contribution in [1.29, 1.82) is 0 Å². The van der Waals surface area contributed by atoms with Crippen molar-refractivity contribution < 1.29 is 27.2 Å². The summed E-state index contributed by atoms with van der Waals surface area (Å²) in [5.41, 5.74) is 0. The summed E-state index contributed by atoms with van der Waals surface area (Å²) in [6, 6.07) is -1.89. The Bertz CT molecular complexity index is 402. The van der Waals surface area contributed by atoms with Gasteiger partial charge >= 0.3 is 12.3 Å². The van der Waals surface area contributed by atoms with Crippen molar-refractivity contribution >= 4 is 11.8 Å². The maximum Gasteiger partial charge on any atom is 0.324 e. The van der Waals surface area contributed by atoms with Crippen LogP contribution in [-0.4, -0.2) is 59.1 Å². The summed E-state index contributed by atoms with van der Waals surface area (Å²) in [5, 5.41) is 0. The first-order chi connectivity index (χ1) is 8.75. The summed E-state index contributed by atoms with van der Waals surface area (Å²) in [4.78, 5) is 25.9. The summed E-state index contributed by atoms with van der Waals surface area (Å²) in [7, 11) is 0. The lowest BCUT2D eigenvalue weighted by Crippen LogP contribution is -2.64. The molecular formula is C11H14F4N2O2. The van der Waals surface area contributed by atoms with E-state index in [-0.39, 0.29) is 0 Å². The maximum absolute atomic E-state index is 13.1. The van der Waals surface area contributed by atoms with Gasteiger partial charge in [0.25, 0.3) is 0 Å². The first-order valence-corrected chi connectivity index (χ1v) is 6.02. The second kappa shape index (κ2) is 4.64. The van der Waals surface area contributed by atoms with Crippen LogP contribution in [0.4, 0.5) is 17.6 Å². The summed E-state index contributed by atoms with van der Waals surface area (Å²) < 4.78 is 50.6. The van der Waals surface area contributed by atoms with Gasteiger partial charge in [-0.1, -0.05) is 0 Å². The molecule has 2 aliphatic heterocycles. The second-order valence-corrected chi connectivity index (χ2v) is 4.89. The first kappa shape index (κ1) is 14.1. The van der Waals surface area contributed by atoms with E-state index < -0.39 is 42.8 Å².